The Balaban J connectivity index is 1.18. The molecule has 0 aliphatic rings. The Morgan fingerprint density at radius 3 is 1.88 bits per heavy atom. The number of rotatable bonds is 3. The lowest BCUT2D eigenvalue weighted by Gasteiger charge is -2.14. The summed E-state index contributed by atoms with van der Waals surface area (Å²) in [5, 5.41) is 6.09. The number of hydrogen-bond acceptors (Lipinski definition) is 6. The minimum Gasteiger partial charge on any atom is -0.457 e. The van der Waals surface area contributed by atoms with Gasteiger partial charge in [0.25, 0.3) is 0 Å². The van der Waals surface area contributed by atoms with Crippen LogP contribution in [0.25, 0.3) is 66.2 Å². The van der Waals surface area contributed by atoms with Crippen LogP contribution in [0, 0.1) is 13.8 Å². The Morgan fingerprint density at radius 1 is 0.581 bits per heavy atom. The zero-order valence-electron chi connectivity index (χ0n) is 23.4. The Hall–Kier alpha value is -5.89. The summed E-state index contributed by atoms with van der Waals surface area (Å²) in [4.78, 5) is 23.2. The highest BCUT2D eigenvalue weighted by Gasteiger charge is 2.16. The van der Waals surface area contributed by atoms with Crippen LogP contribution >= 0.6 is 0 Å². The molecule has 0 bridgehead atoms. The molecular formula is C35H23N7O. The van der Waals surface area contributed by atoms with Gasteiger partial charge in [0.05, 0.1) is 5.69 Å². The van der Waals surface area contributed by atoms with E-state index in [0.29, 0.717) is 5.75 Å². The Labute approximate surface area is 244 Å². The van der Waals surface area contributed by atoms with Crippen molar-refractivity contribution in [2.45, 2.75) is 13.8 Å². The third kappa shape index (κ3) is 3.47. The van der Waals surface area contributed by atoms with Gasteiger partial charge < -0.3 is 4.74 Å². The van der Waals surface area contributed by atoms with Crippen LogP contribution in [0.4, 0.5) is 0 Å². The number of imidazole rings is 2. The summed E-state index contributed by atoms with van der Waals surface area (Å²) in [6.07, 6.45) is 10.9. The van der Waals surface area contributed by atoms with Gasteiger partial charge in [-0.15, -0.1) is 0 Å². The van der Waals surface area contributed by atoms with E-state index in [-0.39, 0.29) is 0 Å². The molecule has 204 valence electrons. The van der Waals surface area contributed by atoms with E-state index in [9.17, 15) is 0 Å². The van der Waals surface area contributed by atoms with Crippen molar-refractivity contribution in [2.75, 3.05) is 0 Å². The molecule has 0 saturated carbocycles. The van der Waals surface area contributed by atoms with E-state index in [2.05, 4.69) is 75.7 Å². The van der Waals surface area contributed by atoms with Gasteiger partial charge in [0.15, 0.2) is 0 Å². The van der Waals surface area contributed by atoms with E-state index in [1.807, 2.05) is 53.5 Å². The summed E-state index contributed by atoms with van der Waals surface area (Å²) >= 11 is 0. The van der Waals surface area contributed by atoms with Crippen LogP contribution in [0.2, 0.25) is 0 Å². The molecule has 0 aliphatic heterocycles. The molecule has 6 aromatic heterocycles. The highest BCUT2D eigenvalue weighted by Crippen LogP contribution is 2.36. The maximum Gasteiger partial charge on any atom is 0.149 e. The molecule has 0 atom stereocenters. The molecule has 0 spiro atoms. The number of aromatic nitrogens is 7. The molecule has 0 N–H and O–H groups in total. The zero-order valence-corrected chi connectivity index (χ0v) is 23.4. The van der Waals surface area contributed by atoms with E-state index in [1.54, 1.807) is 12.5 Å². The number of hydrogen-bond donors (Lipinski definition) is 0. The van der Waals surface area contributed by atoms with E-state index >= 15 is 0 Å². The van der Waals surface area contributed by atoms with Crippen molar-refractivity contribution >= 4 is 54.9 Å². The molecule has 43 heavy (non-hydrogen) atoms. The topological polar surface area (TPSA) is 82.5 Å². The molecule has 9 aromatic rings. The smallest absolute Gasteiger partial charge is 0.149 e. The minimum absolute atomic E-state index is 0.716. The molecule has 0 aliphatic carbocycles. The van der Waals surface area contributed by atoms with E-state index in [1.165, 1.54) is 16.7 Å². The fourth-order valence-corrected chi connectivity index (χ4v) is 6.40. The summed E-state index contributed by atoms with van der Waals surface area (Å²) in [7, 11) is 0. The number of ether oxygens (including phenoxy) is 1. The molecule has 9 rings (SSSR count). The lowest BCUT2D eigenvalue weighted by molar-refractivity contribution is 0.484. The van der Waals surface area contributed by atoms with Crippen molar-refractivity contribution in [1.82, 2.24) is 33.7 Å². The van der Waals surface area contributed by atoms with Crippen molar-refractivity contribution < 1.29 is 4.74 Å². The van der Waals surface area contributed by atoms with Crippen molar-refractivity contribution in [3.63, 3.8) is 0 Å². The third-order valence-corrected chi connectivity index (χ3v) is 8.32. The lowest BCUT2D eigenvalue weighted by Crippen LogP contribution is -1.97. The second kappa shape index (κ2) is 8.80. The first-order valence-electron chi connectivity index (χ1n) is 14.1. The first-order chi connectivity index (χ1) is 21.1. The van der Waals surface area contributed by atoms with Gasteiger partial charge in [0.1, 0.15) is 40.4 Å². The highest BCUT2D eigenvalue weighted by molar-refractivity contribution is 6.12. The van der Waals surface area contributed by atoms with Gasteiger partial charge in [0, 0.05) is 58.1 Å². The van der Waals surface area contributed by atoms with Crippen molar-refractivity contribution in [3.8, 4) is 22.8 Å². The summed E-state index contributed by atoms with van der Waals surface area (Å²) in [5.74, 6) is 1.44. The van der Waals surface area contributed by atoms with Crippen LogP contribution in [0.5, 0.6) is 11.5 Å². The van der Waals surface area contributed by atoms with Gasteiger partial charge in [-0.05, 0) is 84.3 Å². The van der Waals surface area contributed by atoms with Crippen molar-refractivity contribution in [1.29, 1.82) is 0 Å². The van der Waals surface area contributed by atoms with Gasteiger partial charge in [-0.25, -0.2) is 24.9 Å². The predicted octanol–water partition coefficient (Wildman–Crippen LogP) is 7.86. The Morgan fingerprint density at radius 2 is 1.19 bits per heavy atom. The Bertz CT molecular complexity index is 2560. The quantitative estimate of drug-likeness (QED) is 0.206. The van der Waals surface area contributed by atoms with Crippen LogP contribution in [0.15, 0.2) is 104 Å². The van der Waals surface area contributed by atoms with E-state index in [0.717, 1.165) is 66.3 Å². The summed E-state index contributed by atoms with van der Waals surface area (Å²) in [5.41, 5.74) is 7.91. The fourth-order valence-electron chi connectivity index (χ4n) is 6.40. The zero-order chi connectivity index (χ0) is 28.7. The van der Waals surface area contributed by atoms with Crippen molar-refractivity contribution in [3.05, 3.63) is 115 Å². The maximum absolute atomic E-state index is 6.45. The number of benzene rings is 3. The largest absolute Gasteiger partial charge is 0.457 e. The summed E-state index contributed by atoms with van der Waals surface area (Å²) in [6.45, 7) is 4.26. The first-order valence-corrected chi connectivity index (χ1v) is 14.1. The van der Waals surface area contributed by atoms with Crippen LogP contribution < -0.4 is 4.74 Å². The third-order valence-electron chi connectivity index (χ3n) is 8.32. The fraction of sp³-hybridized carbons (Fsp3) is 0.0571. The molecule has 0 amide bonds. The molecule has 8 heteroatoms. The molecule has 0 fully saturated rings. The number of pyridine rings is 3. The van der Waals surface area contributed by atoms with Crippen molar-refractivity contribution in [2.24, 2.45) is 0 Å². The summed E-state index contributed by atoms with van der Waals surface area (Å²) < 4.78 is 10.5. The maximum atomic E-state index is 6.45. The minimum atomic E-state index is 0.716. The molecule has 8 nitrogen and oxygen atoms in total. The predicted molar refractivity (Wildman–Crippen MR) is 169 cm³/mol. The normalized spacial score (nSPS) is 12.0. The standard InChI is InChI=1S/C35H23N7O/c1-20-4-3-5-21(2)31(20)30-11-10-26-24-8-6-22(16-27(24)33-38-13-15-42(33)35(26)40-30)43-23-7-9-25-28(17-23)32-37-12-14-41(32)34-29(25)18-36-19-39-34/h3-19H,1-2H3. The van der Waals surface area contributed by atoms with Gasteiger partial charge >= 0.3 is 0 Å². The van der Waals surface area contributed by atoms with Gasteiger partial charge in [-0.1, -0.05) is 18.2 Å². The van der Waals surface area contributed by atoms with E-state index < -0.39 is 0 Å². The second-order valence-electron chi connectivity index (χ2n) is 10.9. The first kappa shape index (κ1) is 23.8. The van der Waals surface area contributed by atoms with Gasteiger partial charge in [-0.2, -0.15) is 0 Å². The number of aryl methyl sites for hydroxylation is 2. The molecular weight excluding hydrogens is 534 g/mol. The molecule has 0 unspecified atom stereocenters. The van der Waals surface area contributed by atoms with E-state index in [4.69, 9.17) is 14.7 Å². The van der Waals surface area contributed by atoms with Crippen LogP contribution in [0.3, 0.4) is 0 Å². The Kier molecular flexibility index (Phi) is 4.87. The van der Waals surface area contributed by atoms with Crippen LogP contribution in [-0.4, -0.2) is 33.7 Å². The van der Waals surface area contributed by atoms with Crippen LogP contribution in [-0.2, 0) is 0 Å². The second-order valence-corrected chi connectivity index (χ2v) is 10.9. The number of nitrogens with zero attached hydrogens (tertiary/aromatic N) is 7. The lowest BCUT2D eigenvalue weighted by atomic mass is 9.99. The monoisotopic (exact) mass is 557 g/mol. The molecule has 0 radical (unpaired) electrons. The molecule has 3 aromatic carbocycles. The average Bonchev–Trinajstić information content (AvgIpc) is 3.73. The molecule has 6 heterocycles. The average molecular weight is 558 g/mol. The highest BCUT2D eigenvalue weighted by atomic mass is 16.5. The van der Waals surface area contributed by atoms with Gasteiger partial charge in [0.2, 0.25) is 0 Å². The van der Waals surface area contributed by atoms with Gasteiger partial charge in [-0.3, -0.25) is 8.80 Å². The SMILES string of the molecule is Cc1cccc(C)c1-c1ccc2c3ccc(Oc4ccc5c6cncnc6n6ccnc6c5c4)cc3c3nccn3c2n1. The van der Waals surface area contributed by atoms with Crippen LogP contribution in [0.1, 0.15) is 11.1 Å². The molecule has 0 saturated heterocycles. The number of fused-ring (bicyclic) bond motifs is 12. The summed E-state index contributed by atoms with van der Waals surface area (Å²) in [6, 6.07) is 22.8.